The molecule has 0 spiro atoms. The van der Waals surface area contributed by atoms with E-state index in [0.717, 1.165) is 11.1 Å². The Morgan fingerprint density at radius 2 is 1.11 bits per heavy atom. The van der Waals surface area contributed by atoms with Crippen molar-refractivity contribution in [3.63, 3.8) is 0 Å². The van der Waals surface area contributed by atoms with Crippen LogP contribution in [0.1, 0.15) is 43.7 Å². The fourth-order valence-electron chi connectivity index (χ4n) is 3.73. The number of nitrogens with two attached hydrogens (primary N) is 1. The van der Waals surface area contributed by atoms with Crippen molar-refractivity contribution >= 4 is 32.0 Å². The van der Waals surface area contributed by atoms with Gasteiger partial charge in [0.25, 0.3) is 0 Å². The van der Waals surface area contributed by atoms with Crippen molar-refractivity contribution < 1.29 is 51.7 Å². The Kier molecular flexibility index (Phi) is 19.3. The number of ether oxygens (including phenoxy) is 5. The van der Waals surface area contributed by atoms with E-state index in [1.165, 1.54) is 11.9 Å². The fraction of sp³-hybridized carbons (Fsp3) is 0.500. The summed E-state index contributed by atoms with van der Waals surface area (Å²) in [4.78, 5) is 36.7. The van der Waals surface area contributed by atoms with Gasteiger partial charge in [0, 0.05) is 19.9 Å². The van der Waals surface area contributed by atoms with E-state index in [4.69, 9.17) is 38.5 Å². The molecule has 15 heteroatoms. The van der Waals surface area contributed by atoms with Gasteiger partial charge < -0.3 is 34.3 Å². The molecule has 0 bridgehead atoms. The average Bonchev–Trinajstić information content (AvgIpc) is 3.05. The van der Waals surface area contributed by atoms with Gasteiger partial charge in [-0.25, -0.2) is 14.2 Å². The summed E-state index contributed by atoms with van der Waals surface area (Å²) in [5.74, 6) is -0.786. The van der Waals surface area contributed by atoms with Gasteiger partial charge in [0.05, 0.1) is 46.2 Å². The van der Waals surface area contributed by atoms with Crippen LogP contribution in [0.4, 0.5) is 9.59 Å². The normalized spacial score (nSPS) is 11.4. The molecule has 2 N–H and O–H groups in total. The first-order valence-corrected chi connectivity index (χ1v) is 17.0. The van der Waals surface area contributed by atoms with Crippen molar-refractivity contribution in [2.75, 3.05) is 59.8 Å². The van der Waals surface area contributed by atoms with E-state index in [9.17, 15) is 18.9 Å². The van der Waals surface area contributed by atoms with E-state index in [2.05, 4.69) is 4.76 Å². The molecule has 47 heavy (non-hydrogen) atoms. The quantitative estimate of drug-likeness (QED) is 0.0425. The molecule has 0 aliphatic heterocycles. The summed E-state index contributed by atoms with van der Waals surface area (Å²) < 4.78 is 53.5. The van der Waals surface area contributed by atoms with E-state index < -0.39 is 26.0 Å². The molecule has 2 aromatic carbocycles. The minimum Gasteiger partial charge on any atom is -0.465 e. The zero-order chi connectivity index (χ0) is 34.2. The van der Waals surface area contributed by atoms with E-state index >= 15 is 0 Å². The lowest BCUT2D eigenvalue weighted by atomic mass is 10.2. The number of hydrogen-bond acceptors (Lipinski definition) is 11. The van der Waals surface area contributed by atoms with Crippen LogP contribution in [0, 0.1) is 0 Å². The van der Waals surface area contributed by atoms with Crippen LogP contribution in [0.15, 0.2) is 65.4 Å². The number of nitrogens with zero attached hydrogens (tertiary/aromatic N) is 2. The second-order valence-corrected chi connectivity index (χ2v) is 11.7. The molecule has 0 radical (unpaired) electrons. The lowest BCUT2D eigenvalue weighted by molar-refractivity contribution is -0.143. The highest BCUT2D eigenvalue weighted by Gasteiger charge is 2.26. The Morgan fingerprint density at radius 1 is 0.681 bits per heavy atom. The van der Waals surface area contributed by atoms with E-state index in [1.807, 2.05) is 60.7 Å². The molecule has 14 nitrogen and oxygen atoms in total. The highest BCUT2D eigenvalue weighted by atomic mass is 31.2. The smallest absolute Gasteiger partial charge is 0.465 e. The van der Waals surface area contributed by atoms with Gasteiger partial charge in [-0.1, -0.05) is 60.7 Å². The number of likely N-dealkylation sites (N-methyl/N-ethyl adjacent to an activating group) is 1. The van der Waals surface area contributed by atoms with Crippen LogP contribution in [0.3, 0.4) is 0 Å². The summed E-state index contributed by atoms with van der Waals surface area (Å²) in [6.45, 7) is 2.09. The molecule has 0 aromatic heterocycles. The van der Waals surface area contributed by atoms with Crippen LogP contribution in [-0.2, 0) is 54.9 Å². The molecule has 0 fully saturated rings. The van der Waals surface area contributed by atoms with Crippen molar-refractivity contribution in [2.24, 2.45) is 10.5 Å². The van der Waals surface area contributed by atoms with E-state index in [0.29, 0.717) is 38.5 Å². The van der Waals surface area contributed by atoms with Crippen molar-refractivity contribution in [2.45, 2.75) is 45.4 Å². The summed E-state index contributed by atoms with van der Waals surface area (Å²) >= 11 is 0. The fourth-order valence-corrected chi connectivity index (χ4v) is 5.05. The Balaban J connectivity index is 1.72. The lowest BCUT2D eigenvalue weighted by Crippen LogP contribution is -2.38. The molecule has 0 atom stereocenters. The molecular weight excluding hydrogens is 633 g/mol. The summed E-state index contributed by atoms with van der Waals surface area (Å²) in [5, 5.41) is 0. The largest absolute Gasteiger partial charge is 0.508 e. The van der Waals surface area contributed by atoms with Crippen LogP contribution >= 0.6 is 7.75 Å². The number of guanidine groups is 1. The third kappa shape index (κ3) is 18.6. The predicted octanol–water partition coefficient (Wildman–Crippen LogP) is 5.29. The van der Waals surface area contributed by atoms with Crippen molar-refractivity contribution in [3.8, 4) is 0 Å². The van der Waals surface area contributed by atoms with Crippen LogP contribution in [0.2, 0.25) is 0 Å². The van der Waals surface area contributed by atoms with Crippen molar-refractivity contribution in [1.29, 1.82) is 0 Å². The first-order valence-electron chi connectivity index (χ1n) is 15.5. The number of rotatable bonds is 22. The lowest BCUT2D eigenvalue weighted by Gasteiger charge is -2.20. The third-order valence-electron chi connectivity index (χ3n) is 6.22. The molecule has 260 valence electrons. The predicted molar refractivity (Wildman–Crippen MR) is 174 cm³/mol. The maximum Gasteiger partial charge on any atom is 0.508 e. The molecule has 2 rings (SSSR count). The second kappa shape index (κ2) is 23.2. The van der Waals surface area contributed by atoms with E-state index in [-0.39, 0.29) is 58.8 Å². The zero-order valence-corrected chi connectivity index (χ0v) is 28.0. The summed E-state index contributed by atoms with van der Waals surface area (Å²) in [6.07, 6.45) is 1.12. The average molecular weight is 680 g/mol. The van der Waals surface area contributed by atoms with Gasteiger partial charge in [-0.15, -0.1) is 4.76 Å². The molecule has 0 unspecified atom stereocenters. The SMILES string of the molecule is CCOC(=O)CN(C)C(N)=NP(=O)(OCCCCOC(=O)OCCc1ccccc1)OCCCCOC(=O)OCCc1ccccc1. The number of unbranched alkanes of at least 4 members (excludes halogenated alkanes) is 2. The standard InChI is InChI=1S/C32H46N3O11P/c1-3-40-29(36)26-35(2)30(33)34-47(39,45-22-12-10-20-41-31(37)43-24-18-27-14-6-4-7-15-27)46-23-13-11-21-42-32(38)44-25-19-28-16-8-5-9-17-28/h4-9,14-17H,3,10-13,18-26H2,1-2H3,(H2,33,34,39). The number of hydrogen-bond donors (Lipinski definition) is 1. The molecule has 0 aliphatic carbocycles. The molecule has 0 saturated heterocycles. The maximum absolute atomic E-state index is 13.4. The van der Waals surface area contributed by atoms with Gasteiger partial charge in [-0.3, -0.25) is 13.8 Å². The van der Waals surface area contributed by atoms with Crippen molar-refractivity contribution in [1.82, 2.24) is 4.90 Å². The van der Waals surface area contributed by atoms with Gasteiger partial charge in [0.2, 0.25) is 5.96 Å². The third-order valence-corrected chi connectivity index (χ3v) is 7.69. The summed E-state index contributed by atoms with van der Waals surface area (Å²) in [6, 6.07) is 19.2. The second-order valence-electron chi connectivity index (χ2n) is 10.0. The molecule has 0 saturated carbocycles. The molecular formula is C32H46N3O11P. The topological polar surface area (TPSA) is 175 Å². The highest BCUT2D eigenvalue weighted by molar-refractivity contribution is 7.52. The molecule has 0 amide bonds. The van der Waals surface area contributed by atoms with Gasteiger partial charge in [-0.05, 0) is 43.7 Å². The Hall–Kier alpha value is -4.13. The Bertz CT molecular complexity index is 1190. The highest BCUT2D eigenvalue weighted by Crippen LogP contribution is 2.50. The number of carbonyl (C=O) groups excluding carboxylic acids is 3. The summed E-state index contributed by atoms with van der Waals surface area (Å²) in [7, 11) is -2.63. The minimum absolute atomic E-state index is 0.0417. The number of esters is 1. The molecule has 0 aliphatic rings. The Morgan fingerprint density at radius 3 is 1.55 bits per heavy atom. The summed E-state index contributed by atoms with van der Waals surface area (Å²) in [5.41, 5.74) is 8.05. The van der Waals surface area contributed by atoms with Crippen LogP contribution in [0.5, 0.6) is 0 Å². The zero-order valence-electron chi connectivity index (χ0n) is 27.1. The van der Waals surface area contributed by atoms with Crippen LogP contribution in [0.25, 0.3) is 0 Å². The van der Waals surface area contributed by atoms with Gasteiger partial charge in [0.15, 0.2) is 0 Å². The van der Waals surface area contributed by atoms with Crippen LogP contribution < -0.4 is 5.73 Å². The molecule has 0 heterocycles. The van der Waals surface area contributed by atoms with E-state index in [1.54, 1.807) is 6.92 Å². The van der Waals surface area contributed by atoms with Gasteiger partial charge in [0.1, 0.15) is 6.54 Å². The first-order chi connectivity index (χ1) is 22.7. The number of benzene rings is 2. The van der Waals surface area contributed by atoms with Crippen LogP contribution in [-0.4, -0.2) is 89.0 Å². The monoisotopic (exact) mass is 679 g/mol. The molecule has 2 aromatic rings. The Labute approximate surface area is 276 Å². The maximum atomic E-state index is 13.4. The van der Waals surface area contributed by atoms with Crippen molar-refractivity contribution in [3.05, 3.63) is 71.8 Å². The minimum atomic E-state index is -4.11. The number of carbonyl (C=O) groups is 3. The van der Waals surface area contributed by atoms with Gasteiger partial charge in [-0.2, -0.15) is 0 Å². The van der Waals surface area contributed by atoms with Gasteiger partial charge >= 0.3 is 26.0 Å². The first kappa shape index (κ1) is 39.1.